The summed E-state index contributed by atoms with van der Waals surface area (Å²) in [6.45, 7) is 10.3. The maximum Gasteiger partial charge on any atom is 0.191 e. The van der Waals surface area contributed by atoms with Crippen molar-refractivity contribution in [3.05, 3.63) is 53.2 Å². The Balaban J connectivity index is 0.00000341. The van der Waals surface area contributed by atoms with Gasteiger partial charge in [-0.15, -0.1) is 24.0 Å². The molecule has 170 valence electrons. The molecule has 0 radical (unpaired) electrons. The molecule has 0 unspecified atom stereocenters. The van der Waals surface area contributed by atoms with Crippen LogP contribution in [0.25, 0.3) is 0 Å². The number of aromatic nitrogens is 1. The quantitative estimate of drug-likeness (QED) is 0.321. The molecule has 8 heteroatoms. The fourth-order valence-electron chi connectivity index (χ4n) is 3.54. The van der Waals surface area contributed by atoms with Crippen LogP contribution in [0.4, 0.5) is 5.82 Å². The van der Waals surface area contributed by atoms with E-state index in [1.165, 1.54) is 11.1 Å². The Morgan fingerprint density at radius 2 is 1.90 bits per heavy atom. The Bertz CT molecular complexity index is 852. The van der Waals surface area contributed by atoms with Gasteiger partial charge in [0.2, 0.25) is 0 Å². The molecule has 0 amide bonds. The van der Waals surface area contributed by atoms with E-state index in [0.29, 0.717) is 13.1 Å². The molecule has 1 aromatic heterocycles. The molecule has 7 nitrogen and oxygen atoms in total. The summed E-state index contributed by atoms with van der Waals surface area (Å²) in [4.78, 5) is 14.2. The third-order valence-electron chi connectivity index (χ3n) is 5.31. The summed E-state index contributed by atoms with van der Waals surface area (Å²) < 4.78 is 5.51. The molecule has 1 aliphatic heterocycles. The number of anilines is 1. The van der Waals surface area contributed by atoms with E-state index < -0.39 is 0 Å². The Morgan fingerprint density at radius 3 is 2.61 bits per heavy atom. The Kier molecular flexibility index (Phi) is 10.3. The van der Waals surface area contributed by atoms with Crippen LogP contribution in [0.1, 0.15) is 23.6 Å². The van der Waals surface area contributed by atoms with Crippen LogP contribution in [0.15, 0.2) is 41.5 Å². The van der Waals surface area contributed by atoms with Crippen LogP contribution >= 0.6 is 24.0 Å². The van der Waals surface area contributed by atoms with Crippen LogP contribution < -0.4 is 20.3 Å². The number of aliphatic imine (C=N–C) groups is 1. The first-order valence-corrected chi connectivity index (χ1v) is 10.6. The zero-order chi connectivity index (χ0) is 21.3. The Hall–Kier alpha value is -2.07. The SMILES string of the molecule is CCNC(=NCc1ccc(C)cc1OC)NCc1cccnc1N1CCN(C)CC1.I. The van der Waals surface area contributed by atoms with Gasteiger partial charge in [0.1, 0.15) is 11.6 Å². The summed E-state index contributed by atoms with van der Waals surface area (Å²) in [5.74, 6) is 2.72. The molecule has 0 aliphatic carbocycles. The molecular weight excluding hydrogens is 503 g/mol. The number of pyridine rings is 1. The maximum atomic E-state index is 5.51. The third-order valence-corrected chi connectivity index (χ3v) is 5.31. The largest absolute Gasteiger partial charge is 0.496 e. The lowest BCUT2D eigenvalue weighted by Crippen LogP contribution is -2.45. The number of piperazine rings is 1. The minimum absolute atomic E-state index is 0. The number of ether oxygens (including phenoxy) is 1. The number of halogens is 1. The summed E-state index contributed by atoms with van der Waals surface area (Å²) in [5, 5.41) is 6.80. The van der Waals surface area contributed by atoms with Crippen molar-refractivity contribution in [1.29, 1.82) is 0 Å². The lowest BCUT2D eigenvalue weighted by atomic mass is 10.1. The topological polar surface area (TPSA) is 65.0 Å². The first-order valence-electron chi connectivity index (χ1n) is 10.6. The van der Waals surface area contributed by atoms with Gasteiger partial charge in [0, 0.05) is 56.6 Å². The van der Waals surface area contributed by atoms with Crippen molar-refractivity contribution in [3.63, 3.8) is 0 Å². The average molecular weight is 538 g/mol. The van der Waals surface area contributed by atoms with Crippen LogP contribution in [0.2, 0.25) is 0 Å². The van der Waals surface area contributed by atoms with Crippen molar-refractivity contribution in [1.82, 2.24) is 20.5 Å². The molecule has 0 bridgehead atoms. The number of hydrogen-bond donors (Lipinski definition) is 2. The highest BCUT2D eigenvalue weighted by molar-refractivity contribution is 14.0. The van der Waals surface area contributed by atoms with E-state index in [9.17, 15) is 0 Å². The predicted octanol–water partition coefficient (Wildman–Crippen LogP) is 3.02. The van der Waals surface area contributed by atoms with E-state index >= 15 is 0 Å². The van der Waals surface area contributed by atoms with E-state index in [-0.39, 0.29) is 24.0 Å². The zero-order valence-corrected chi connectivity index (χ0v) is 21.3. The number of nitrogens with one attached hydrogen (secondary N) is 2. The number of rotatable bonds is 7. The first kappa shape index (κ1) is 25.2. The predicted molar refractivity (Wildman–Crippen MR) is 139 cm³/mol. The molecule has 0 atom stereocenters. The molecule has 0 spiro atoms. The van der Waals surface area contributed by atoms with E-state index in [0.717, 1.165) is 55.8 Å². The van der Waals surface area contributed by atoms with Gasteiger partial charge >= 0.3 is 0 Å². The van der Waals surface area contributed by atoms with Crippen LogP contribution in [-0.4, -0.2) is 62.7 Å². The minimum atomic E-state index is 0. The first-order chi connectivity index (χ1) is 14.6. The highest BCUT2D eigenvalue weighted by Crippen LogP contribution is 2.21. The summed E-state index contributed by atoms with van der Waals surface area (Å²) in [6, 6.07) is 10.3. The summed E-state index contributed by atoms with van der Waals surface area (Å²) >= 11 is 0. The molecule has 1 aliphatic rings. The molecular formula is C23H35IN6O. The van der Waals surface area contributed by atoms with Gasteiger partial charge in [0.25, 0.3) is 0 Å². The second-order valence-corrected chi connectivity index (χ2v) is 7.64. The minimum Gasteiger partial charge on any atom is -0.496 e. The monoisotopic (exact) mass is 538 g/mol. The van der Waals surface area contributed by atoms with Gasteiger partial charge in [-0.3, -0.25) is 0 Å². The van der Waals surface area contributed by atoms with Crippen molar-refractivity contribution in [2.75, 3.05) is 51.8 Å². The number of aryl methyl sites for hydroxylation is 1. The van der Waals surface area contributed by atoms with Gasteiger partial charge in [-0.1, -0.05) is 18.2 Å². The van der Waals surface area contributed by atoms with Gasteiger partial charge < -0.3 is 25.2 Å². The van der Waals surface area contributed by atoms with Crippen molar-refractivity contribution < 1.29 is 4.74 Å². The third kappa shape index (κ3) is 7.24. The number of guanidine groups is 1. The van der Waals surface area contributed by atoms with Crippen molar-refractivity contribution in [3.8, 4) is 5.75 Å². The molecule has 3 rings (SSSR count). The van der Waals surface area contributed by atoms with Gasteiger partial charge in [0.05, 0.1) is 13.7 Å². The zero-order valence-electron chi connectivity index (χ0n) is 19.0. The average Bonchev–Trinajstić information content (AvgIpc) is 2.77. The van der Waals surface area contributed by atoms with E-state index in [4.69, 9.17) is 9.73 Å². The fourth-order valence-corrected chi connectivity index (χ4v) is 3.54. The summed E-state index contributed by atoms with van der Waals surface area (Å²) in [6.07, 6.45) is 1.88. The Morgan fingerprint density at radius 1 is 1.13 bits per heavy atom. The smallest absolute Gasteiger partial charge is 0.191 e. The molecule has 1 aromatic carbocycles. The van der Waals surface area contributed by atoms with Crippen LogP contribution in [-0.2, 0) is 13.1 Å². The molecule has 2 heterocycles. The van der Waals surface area contributed by atoms with Gasteiger partial charge in [-0.25, -0.2) is 9.98 Å². The molecule has 1 saturated heterocycles. The molecule has 2 N–H and O–H groups in total. The number of hydrogen-bond acceptors (Lipinski definition) is 5. The van der Waals surface area contributed by atoms with Crippen molar-refractivity contribution in [2.45, 2.75) is 26.9 Å². The molecule has 0 saturated carbocycles. The summed E-state index contributed by atoms with van der Waals surface area (Å²) in [7, 11) is 3.87. The fraction of sp³-hybridized carbons (Fsp3) is 0.478. The van der Waals surface area contributed by atoms with Crippen LogP contribution in [0, 0.1) is 6.92 Å². The van der Waals surface area contributed by atoms with Crippen LogP contribution in [0.3, 0.4) is 0 Å². The lowest BCUT2D eigenvalue weighted by molar-refractivity contribution is 0.312. The highest BCUT2D eigenvalue weighted by atomic mass is 127. The summed E-state index contributed by atoms with van der Waals surface area (Å²) in [5.41, 5.74) is 3.43. The molecule has 2 aromatic rings. The van der Waals surface area contributed by atoms with Gasteiger partial charge in [-0.05, 0) is 38.6 Å². The van der Waals surface area contributed by atoms with Gasteiger partial charge in [0.15, 0.2) is 5.96 Å². The van der Waals surface area contributed by atoms with Crippen LogP contribution in [0.5, 0.6) is 5.75 Å². The van der Waals surface area contributed by atoms with Crippen molar-refractivity contribution >= 4 is 35.8 Å². The molecule has 31 heavy (non-hydrogen) atoms. The van der Waals surface area contributed by atoms with Gasteiger partial charge in [-0.2, -0.15) is 0 Å². The second-order valence-electron chi connectivity index (χ2n) is 7.64. The number of methoxy groups -OCH3 is 1. The van der Waals surface area contributed by atoms with E-state index in [1.807, 2.05) is 18.3 Å². The molecule has 1 fully saturated rings. The van der Waals surface area contributed by atoms with E-state index in [2.05, 4.69) is 64.5 Å². The van der Waals surface area contributed by atoms with Crippen molar-refractivity contribution in [2.24, 2.45) is 4.99 Å². The Labute approximate surface area is 203 Å². The second kappa shape index (κ2) is 12.7. The number of nitrogens with zero attached hydrogens (tertiary/aromatic N) is 4. The standard InChI is InChI=1S/C23H34N6O.HI/c1-5-24-23(26-16-19-9-8-18(2)15-21(19)30-4)27-17-20-7-6-10-25-22(20)29-13-11-28(3)12-14-29;/h6-10,15H,5,11-14,16-17H2,1-4H3,(H2,24,26,27);1H. The number of benzene rings is 1. The normalized spacial score (nSPS) is 14.7. The lowest BCUT2D eigenvalue weighted by Gasteiger charge is -2.34. The van der Waals surface area contributed by atoms with E-state index in [1.54, 1.807) is 7.11 Å². The maximum absolute atomic E-state index is 5.51. The number of likely N-dealkylation sites (N-methyl/N-ethyl adjacent to an activating group) is 1. The highest BCUT2D eigenvalue weighted by Gasteiger charge is 2.18.